The van der Waals surface area contributed by atoms with Gasteiger partial charge in [0.25, 0.3) is 0 Å². The fraction of sp³-hybridized carbons (Fsp3) is 0.206. The molecule has 0 atom stereocenters. The van der Waals surface area contributed by atoms with Crippen molar-refractivity contribution in [1.82, 2.24) is 14.8 Å². The van der Waals surface area contributed by atoms with Crippen LogP contribution < -0.4 is 10.1 Å². The molecule has 0 bridgehead atoms. The van der Waals surface area contributed by atoms with Crippen molar-refractivity contribution in [3.05, 3.63) is 109 Å². The molecular weight excluding hydrogens is 528 g/mol. The molecule has 0 radical (unpaired) electrons. The number of carbonyl (C=O) groups is 1. The lowest BCUT2D eigenvalue weighted by molar-refractivity contribution is -0.113. The van der Waals surface area contributed by atoms with Gasteiger partial charge in [-0.15, -0.1) is 10.2 Å². The normalized spacial score (nSPS) is 11.3. The topological polar surface area (TPSA) is 69.0 Å². The van der Waals surface area contributed by atoms with E-state index >= 15 is 0 Å². The quantitative estimate of drug-likeness (QED) is 0.184. The summed E-state index contributed by atoms with van der Waals surface area (Å²) in [4.78, 5) is 13.1. The van der Waals surface area contributed by atoms with Gasteiger partial charge in [0.2, 0.25) is 5.91 Å². The number of carbonyl (C=O) groups excluding carboxylic acids is 1. The van der Waals surface area contributed by atoms with E-state index in [-0.39, 0.29) is 17.1 Å². The summed E-state index contributed by atoms with van der Waals surface area (Å²) in [5, 5.41) is 12.8. The number of para-hydroxylation sites is 1. The third-order valence-electron chi connectivity index (χ3n) is 6.67. The Hall–Kier alpha value is -4.36. The second kappa shape index (κ2) is 12.4. The van der Waals surface area contributed by atoms with Gasteiger partial charge in [0.1, 0.15) is 5.75 Å². The van der Waals surface area contributed by atoms with Crippen LogP contribution in [0.4, 0.5) is 5.69 Å². The summed E-state index contributed by atoms with van der Waals surface area (Å²) in [5.74, 6) is 1.58. The SMILES string of the molecule is CCOc1ccc(-n2c(SCC(=O)Nc3ccccc3-c3ccccc3)nnc2-c2ccc(C(C)(C)C)cc2)cc1. The molecule has 6 nitrogen and oxygen atoms in total. The number of ether oxygens (including phenoxy) is 1. The Morgan fingerprint density at radius 1 is 0.829 bits per heavy atom. The number of hydrogen-bond acceptors (Lipinski definition) is 5. The van der Waals surface area contributed by atoms with Crippen LogP contribution in [0.15, 0.2) is 108 Å². The van der Waals surface area contributed by atoms with Crippen molar-refractivity contribution in [2.24, 2.45) is 0 Å². The van der Waals surface area contributed by atoms with Gasteiger partial charge in [-0.3, -0.25) is 9.36 Å². The number of rotatable bonds is 9. The van der Waals surface area contributed by atoms with Gasteiger partial charge in [-0.25, -0.2) is 0 Å². The van der Waals surface area contributed by atoms with Gasteiger partial charge in [-0.1, -0.05) is 105 Å². The van der Waals surface area contributed by atoms with Crippen molar-refractivity contribution in [3.8, 4) is 34.0 Å². The van der Waals surface area contributed by atoms with E-state index in [1.54, 1.807) is 0 Å². The van der Waals surface area contributed by atoms with Crippen molar-refractivity contribution < 1.29 is 9.53 Å². The average molecular weight is 563 g/mol. The number of nitrogens with one attached hydrogen (secondary N) is 1. The van der Waals surface area contributed by atoms with E-state index in [1.807, 2.05) is 90.4 Å². The zero-order valence-electron chi connectivity index (χ0n) is 23.8. The standard InChI is InChI=1S/C34H34N4O2S/c1-5-40-28-21-19-27(20-22-28)38-32(25-15-17-26(18-16-25)34(2,3)4)36-37-33(38)41-23-31(39)35-30-14-10-9-13-29(30)24-11-7-6-8-12-24/h6-22H,5,23H2,1-4H3,(H,35,39). The maximum atomic E-state index is 13.1. The molecule has 0 aliphatic rings. The maximum Gasteiger partial charge on any atom is 0.234 e. The summed E-state index contributed by atoms with van der Waals surface area (Å²) in [6.45, 7) is 9.15. The van der Waals surface area contributed by atoms with Crippen molar-refractivity contribution in [1.29, 1.82) is 0 Å². The molecule has 4 aromatic carbocycles. The Morgan fingerprint density at radius 3 is 2.20 bits per heavy atom. The summed E-state index contributed by atoms with van der Waals surface area (Å²) in [6.07, 6.45) is 0. The summed E-state index contributed by atoms with van der Waals surface area (Å²) in [6, 6.07) is 34.2. The van der Waals surface area contributed by atoms with Gasteiger partial charge in [-0.2, -0.15) is 0 Å². The Morgan fingerprint density at radius 2 is 1.51 bits per heavy atom. The molecule has 1 N–H and O–H groups in total. The van der Waals surface area contributed by atoms with E-state index in [4.69, 9.17) is 4.74 Å². The number of benzene rings is 4. The van der Waals surface area contributed by atoms with Crippen LogP contribution in [0, 0.1) is 0 Å². The number of amides is 1. The highest BCUT2D eigenvalue weighted by Crippen LogP contribution is 2.32. The van der Waals surface area contributed by atoms with Gasteiger partial charge in [-0.05, 0) is 53.8 Å². The van der Waals surface area contributed by atoms with Gasteiger partial charge in [0.15, 0.2) is 11.0 Å². The zero-order chi connectivity index (χ0) is 28.8. The maximum absolute atomic E-state index is 13.1. The van der Waals surface area contributed by atoms with E-state index in [2.05, 4.69) is 60.6 Å². The van der Waals surface area contributed by atoms with E-state index < -0.39 is 0 Å². The predicted molar refractivity (Wildman–Crippen MR) is 168 cm³/mol. The smallest absolute Gasteiger partial charge is 0.234 e. The molecule has 0 aliphatic carbocycles. The first-order valence-electron chi connectivity index (χ1n) is 13.7. The summed E-state index contributed by atoms with van der Waals surface area (Å²) in [5.41, 5.74) is 5.94. The number of nitrogens with zero attached hydrogens (tertiary/aromatic N) is 3. The average Bonchev–Trinajstić information content (AvgIpc) is 3.41. The van der Waals surface area contributed by atoms with Crippen LogP contribution in [0.2, 0.25) is 0 Å². The lowest BCUT2D eigenvalue weighted by Gasteiger charge is -2.19. The Labute approximate surface area is 245 Å². The monoisotopic (exact) mass is 562 g/mol. The molecule has 0 saturated carbocycles. The zero-order valence-corrected chi connectivity index (χ0v) is 24.6. The van der Waals surface area contributed by atoms with E-state index in [9.17, 15) is 4.79 Å². The molecule has 0 unspecified atom stereocenters. The van der Waals surface area contributed by atoms with Crippen molar-refractivity contribution >= 4 is 23.4 Å². The van der Waals surface area contributed by atoms with Crippen molar-refractivity contribution in [2.45, 2.75) is 38.3 Å². The van der Waals surface area contributed by atoms with E-state index in [0.29, 0.717) is 17.6 Å². The van der Waals surface area contributed by atoms with Gasteiger partial charge >= 0.3 is 0 Å². The van der Waals surface area contributed by atoms with Gasteiger partial charge < -0.3 is 10.1 Å². The number of thioether (sulfide) groups is 1. The lowest BCUT2D eigenvalue weighted by Crippen LogP contribution is -2.15. The molecule has 5 rings (SSSR count). The summed E-state index contributed by atoms with van der Waals surface area (Å²) < 4.78 is 7.64. The van der Waals surface area contributed by atoms with Crippen LogP contribution in [0.1, 0.15) is 33.3 Å². The molecule has 41 heavy (non-hydrogen) atoms. The molecule has 1 aromatic heterocycles. The molecule has 0 fully saturated rings. The Balaban J connectivity index is 1.41. The first-order valence-corrected chi connectivity index (χ1v) is 14.7. The lowest BCUT2D eigenvalue weighted by atomic mass is 9.87. The second-order valence-electron chi connectivity index (χ2n) is 10.6. The summed E-state index contributed by atoms with van der Waals surface area (Å²) >= 11 is 1.35. The van der Waals surface area contributed by atoms with Crippen LogP contribution in [0.5, 0.6) is 5.75 Å². The molecule has 1 amide bonds. The molecule has 208 valence electrons. The fourth-order valence-corrected chi connectivity index (χ4v) is 5.29. The first kappa shape index (κ1) is 28.2. The highest BCUT2D eigenvalue weighted by atomic mass is 32.2. The van der Waals surface area contributed by atoms with E-state index in [0.717, 1.165) is 33.8 Å². The molecule has 0 aliphatic heterocycles. The molecule has 5 aromatic rings. The van der Waals surface area contributed by atoms with Crippen LogP contribution in [0.3, 0.4) is 0 Å². The fourth-order valence-electron chi connectivity index (χ4n) is 4.54. The van der Waals surface area contributed by atoms with Crippen molar-refractivity contribution in [3.63, 3.8) is 0 Å². The summed E-state index contributed by atoms with van der Waals surface area (Å²) in [7, 11) is 0. The minimum absolute atomic E-state index is 0.0504. The molecule has 1 heterocycles. The predicted octanol–water partition coefficient (Wildman–Crippen LogP) is 8.03. The van der Waals surface area contributed by atoms with Crippen LogP contribution in [-0.2, 0) is 10.2 Å². The van der Waals surface area contributed by atoms with Crippen LogP contribution in [0.25, 0.3) is 28.2 Å². The number of aromatic nitrogens is 3. The van der Waals surface area contributed by atoms with Gasteiger partial charge in [0, 0.05) is 22.5 Å². The molecule has 0 spiro atoms. The highest BCUT2D eigenvalue weighted by molar-refractivity contribution is 7.99. The molecule has 0 saturated heterocycles. The highest BCUT2D eigenvalue weighted by Gasteiger charge is 2.19. The largest absolute Gasteiger partial charge is 0.494 e. The Bertz CT molecular complexity index is 1610. The number of anilines is 1. The van der Waals surface area contributed by atoms with E-state index in [1.165, 1.54) is 17.3 Å². The minimum atomic E-state index is -0.115. The Kier molecular flexibility index (Phi) is 8.55. The number of hydrogen-bond donors (Lipinski definition) is 1. The van der Waals surface area contributed by atoms with Crippen molar-refractivity contribution in [2.75, 3.05) is 17.7 Å². The first-order chi connectivity index (χ1) is 19.8. The second-order valence-corrected chi connectivity index (χ2v) is 11.6. The third kappa shape index (κ3) is 6.69. The molecule has 7 heteroatoms. The van der Waals surface area contributed by atoms with Gasteiger partial charge in [0.05, 0.1) is 12.4 Å². The van der Waals surface area contributed by atoms with Crippen LogP contribution >= 0.6 is 11.8 Å². The third-order valence-corrected chi connectivity index (χ3v) is 7.60. The van der Waals surface area contributed by atoms with Crippen LogP contribution in [-0.4, -0.2) is 33.0 Å². The minimum Gasteiger partial charge on any atom is -0.494 e. The molecular formula is C34H34N4O2S.